The maximum absolute atomic E-state index is 5.26. The van der Waals surface area contributed by atoms with Gasteiger partial charge in [0, 0.05) is 37.6 Å². The van der Waals surface area contributed by atoms with Gasteiger partial charge in [0.2, 0.25) is 5.95 Å². The molecule has 1 aliphatic rings. The predicted molar refractivity (Wildman–Crippen MR) is 125 cm³/mol. The smallest absolute Gasteiger partial charge is 0.229 e. The molecule has 4 aromatic rings. The molecular formula is C23H25N7O2. The van der Waals surface area contributed by atoms with Crippen LogP contribution in [0.25, 0.3) is 11.0 Å². The summed E-state index contributed by atoms with van der Waals surface area (Å²) in [5, 5.41) is 11.4. The minimum absolute atomic E-state index is 0.687. The topological polar surface area (TPSA) is 91.4 Å². The molecule has 9 heteroatoms. The number of methoxy groups -OCH3 is 2. The van der Waals surface area contributed by atoms with Gasteiger partial charge < -0.3 is 24.6 Å². The van der Waals surface area contributed by atoms with Crippen LogP contribution < -0.4 is 24.6 Å². The zero-order chi connectivity index (χ0) is 21.9. The first kappa shape index (κ1) is 19.9. The maximum atomic E-state index is 5.26. The van der Waals surface area contributed by atoms with Gasteiger partial charge in [0.05, 0.1) is 25.8 Å². The third-order valence-electron chi connectivity index (χ3n) is 5.65. The lowest BCUT2D eigenvalue weighted by atomic mass is 10.2. The van der Waals surface area contributed by atoms with Crippen LogP contribution in [0.15, 0.2) is 54.7 Å². The molecule has 0 radical (unpaired) electrons. The van der Waals surface area contributed by atoms with Crippen LogP contribution in [0.2, 0.25) is 0 Å². The van der Waals surface area contributed by atoms with E-state index in [2.05, 4.69) is 37.4 Å². The highest BCUT2D eigenvalue weighted by Crippen LogP contribution is 2.27. The van der Waals surface area contributed by atoms with Crippen molar-refractivity contribution in [2.45, 2.75) is 0 Å². The molecule has 2 aromatic carbocycles. The van der Waals surface area contributed by atoms with Crippen molar-refractivity contribution in [3.63, 3.8) is 0 Å². The van der Waals surface area contributed by atoms with E-state index in [-0.39, 0.29) is 0 Å². The lowest BCUT2D eigenvalue weighted by Gasteiger charge is -2.36. The number of rotatable bonds is 6. The molecule has 3 heterocycles. The number of hydrogen-bond donors (Lipinski definition) is 2. The van der Waals surface area contributed by atoms with Gasteiger partial charge in [-0.25, -0.2) is 0 Å². The van der Waals surface area contributed by atoms with Gasteiger partial charge in [-0.3, -0.25) is 5.10 Å². The van der Waals surface area contributed by atoms with E-state index in [1.165, 1.54) is 5.69 Å². The Bertz CT molecular complexity index is 1180. The molecule has 32 heavy (non-hydrogen) atoms. The summed E-state index contributed by atoms with van der Waals surface area (Å²) in [6.07, 6.45) is 1.74. The van der Waals surface area contributed by atoms with E-state index in [9.17, 15) is 0 Å². The number of ether oxygens (including phenoxy) is 2. The van der Waals surface area contributed by atoms with Crippen molar-refractivity contribution in [3.8, 4) is 11.5 Å². The Kier molecular flexibility index (Phi) is 5.37. The van der Waals surface area contributed by atoms with E-state index in [4.69, 9.17) is 19.4 Å². The highest BCUT2D eigenvalue weighted by Gasteiger charge is 2.21. The second-order valence-corrected chi connectivity index (χ2v) is 7.53. The van der Waals surface area contributed by atoms with Crippen LogP contribution in [0, 0.1) is 0 Å². The van der Waals surface area contributed by atoms with Crippen molar-refractivity contribution < 1.29 is 9.47 Å². The molecule has 0 atom stereocenters. The summed E-state index contributed by atoms with van der Waals surface area (Å²) in [7, 11) is 3.34. The van der Waals surface area contributed by atoms with Gasteiger partial charge in [-0.2, -0.15) is 15.1 Å². The summed E-state index contributed by atoms with van der Waals surface area (Å²) in [5.74, 6) is 3.08. The molecule has 164 valence electrons. The van der Waals surface area contributed by atoms with Crippen molar-refractivity contribution in [1.82, 2.24) is 20.2 Å². The van der Waals surface area contributed by atoms with Crippen LogP contribution in [0.3, 0.4) is 0 Å². The van der Waals surface area contributed by atoms with Gasteiger partial charge in [0.25, 0.3) is 0 Å². The highest BCUT2D eigenvalue weighted by molar-refractivity contribution is 5.89. The molecule has 0 bridgehead atoms. The maximum Gasteiger partial charge on any atom is 0.229 e. The van der Waals surface area contributed by atoms with Crippen molar-refractivity contribution in [3.05, 3.63) is 54.7 Å². The quantitative estimate of drug-likeness (QED) is 0.480. The predicted octanol–water partition coefficient (Wildman–Crippen LogP) is 3.44. The third kappa shape index (κ3) is 3.96. The fraction of sp³-hybridized carbons (Fsp3) is 0.261. The van der Waals surface area contributed by atoms with Crippen molar-refractivity contribution in [2.75, 3.05) is 55.5 Å². The van der Waals surface area contributed by atoms with E-state index < -0.39 is 0 Å². The molecule has 0 amide bonds. The number of nitrogens with one attached hydrogen (secondary N) is 2. The number of aromatic amines is 1. The zero-order valence-corrected chi connectivity index (χ0v) is 18.1. The minimum Gasteiger partial charge on any atom is -0.497 e. The number of nitrogens with zero attached hydrogens (tertiary/aromatic N) is 5. The van der Waals surface area contributed by atoms with Crippen LogP contribution >= 0.6 is 0 Å². The number of piperazine rings is 1. The molecule has 1 saturated heterocycles. The van der Waals surface area contributed by atoms with Crippen LogP contribution in [-0.4, -0.2) is 60.6 Å². The summed E-state index contributed by atoms with van der Waals surface area (Å²) in [5.41, 5.74) is 2.82. The molecule has 1 aliphatic heterocycles. The molecule has 2 aromatic heterocycles. The number of H-pyrrole nitrogens is 1. The number of aromatic nitrogens is 4. The Labute approximate surface area is 186 Å². The first-order chi connectivity index (χ1) is 15.7. The molecular weight excluding hydrogens is 406 g/mol. The average molecular weight is 432 g/mol. The Morgan fingerprint density at radius 2 is 1.44 bits per heavy atom. The number of benzene rings is 2. The second-order valence-electron chi connectivity index (χ2n) is 7.53. The fourth-order valence-electron chi connectivity index (χ4n) is 3.83. The SMILES string of the molecule is COc1ccc(Nc2nc(N3CCN(c4ccc(OC)cc4)CC3)nc3[nH]ncc23)cc1. The lowest BCUT2D eigenvalue weighted by Crippen LogP contribution is -2.47. The average Bonchev–Trinajstić information content (AvgIpc) is 3.34. The van der Waals surface area contributed by atoms with Gasteiger partial charge in [0.1, 0.15) is 17.3 Å². The van der Waals surface area contributed by atoms with E-state index in [0.717, 1.165) is 54.6 Å². The molecule has 0 saturated carbocycles. The largest absolute Gasteiger partial charge is 0.497 e. The molecule has 9 nitrogen and oxygen atoms in total. The first-order valence-corrected chi connectivity index (χ1v) is 10.5. The van der Waals surface area contributed by atoms with Gasteiger partial charge in [-0.1, -0.05) is 0 Å². The number of fused-ring (bicyclic) bond motifs is 1. The zero-order valence-electron chi connectivity index (χ0n) is 18.1. The van der Waals surface area contributed by atoms with Crippen LogP contribution in [0.1, 0.15) is 0 Å². The summed E-state index contributed by atoms with van der Waals surface area (Å²) in [6, 6.07) is 15.9. The molecule has 2 N–H and O–H groups in total. The molecule has 0 aliphatic carbocycles. The number of hydrogen-bond acceptors (Lipinski definition) is 8. The van der Waals surface area contributed by atoms with Crippen LogP contribution in [-0.2, 0) is 0 Å². The second kappa shape index (κ2) is 8.62. The summed E-state index contributed by atoms with van der Waals surface area (Å²) < 4.78 is 10.5. The monoisotopic (exact) mass is 431 g/mol. The Morgan fingerprint density at radius 3 is 2.09 bits per heavy atom. The van der Waals surface area contributed by atoms with Gasteiger partial charge >= 0.3 is 0 Å². The first-order valence-electron chi connectivity index (χ1n) is 10.5. The van der Waals surface area contributed by atoms with Crippen molar-refractivity contribution >= 4 is 34.2 Å². The van der Waals surface area contributed by atoms with E-state index in [0.29, 0.717) is 11.6 Å². The van der Waals surface area contributed by atoms with Gasteiger partial charge in [-0.05, 0) is 48.5 Å². The Morgan fingerprint density at radius 1 is 0.812 bits per heavy atom. The Balaban J connectivity index is 1.34. The van der Waals surface area contributed by atoms with Crippen molar-refractivity contribution in [2.24, 2.45) is 0 Å². The summed E-state index contributed by atoms with van der Waals surface area (Å²) in [4.78, 5) is 14.1. The molecule has 5 rings (SSSR count). The highest BCUT2D eigenvalue weighted by atomic mass is 16.5. The van der Waals surface area contributed by atoms with E-state index in [1.54, 1.807) is 20.4 Å². The third-order valence-corrected chi connectivity index (χ3v) is 5.65. The van der Waals surface area contributed by atoms with Gasteiger partial charge in [0.15, 0.2) is 5.65 Å². The molecule has 1 fully saturated rings. The normalized spacial score (nSPS) is 13.9. The summed E-state index contributed by atoms with van der Waals surface area (Å²) in [6.45, 7) is 3.43. The summed E-state index contributed by atoms with van der Waals surface area (Å²) >= 11 is 0. The van der Waals surface area contributed by atoms with Crippen LogP contribution in [0.5, 0.6) is 11.5 Å². The lowest BCUT2D eigenvalue weighted by molar-refractivity contribution is 0.414. The van der Waals surface area contributed by atoms with E-state index in [1.807, 2.05) is 36.4 Å². The molecule has 0 spiro atoms. The fourth-order valence-corrected chi connectivity index (χ4v) is 3.83. The Hall–Kier alpha value is -4.01. The standard InChI is InChI=1S/C23H25N7O2/c1-31-18-7-3-16(4-8-18)25-21-20-15-24-28-22(20)27-23(26-21)30-13-11-29(12-14-30)17-5-9-19(32-2)10-6-17/h3-10,15H,11-14H2,1-2H3,(H2,24,25,26,27,28). The van der Waals surface area contributed by atoms with E-state index >= 15 is 0 Å². The minimum atomic E-state index is 0.687. The van der Waals surface area contributed by atoms with Crippen LogP contribution in [0.4, 0.5) is 23.1 Å². The van der Waals surface area contributed by atoms with Gasteiger partial charge in [-0.15, -0.1) is 0 Å². The molecule has 0 unspecified atom stereocenters. The van der Waals surface area contributed by atoms with Crippen molar-refractivity contribution in [1.29, 1.82) is 0 Å². The number of anilines is 4.